The van der Waals surface area contributed by atoms with Gasteiger partial charge < -0.3 is 10.1 Å². The first-order chi connectivity index (χ1) is 12.4. The summed E-state index contributed by atoms with van der Waals surface area (Å²) in [5.41, 5.74) is 1.22. The molecule has 0 fully saturated rings. The van der Waals surface area contributed by atoms with Crippen LogP contribution in [0.2, 0.25) is 0 Å². The SMILES string of the molecule is CCCNS(=O)(=O)c1cc(C(=O)N[C@H](C)c2ccccc2)ccc1OC. The molecule has 2 aromatic rings. The van der Waals surface area contributed by atoms with Crippen molar-refractivity contribution in [3.8, 4) is 5.75 Å². The molecular formula is C19H24N2O4S. The summed E-state index contributed by atoms with van der Waals surface area (Å²) in [6.07, 6.45) is 0.663. The van der Waals surface area contributed by atoms with Gasteiger partial charge in [-0.15, -0.1) is 0 Å². The molecule has 0 bridgehead atoms. The maximum atomic E-state index is 12.6. The Bertz CT molecular complexity index is 851. The average Bonchev–Trinajstić information content (AvgIpc) is 2.66. The molecule has 0 aliphatic heterocycles. The van der Waals surface area contributed by atoms with Gasteiger partial charge in [-0.3, -0.25) is 4.79 Å². The molecule has 2 N–H and O–H groups in total. The minimum atomic E-state index is -3.76. The molecule has 0 aliphatic rings. The molecule has 2 aromatic carbocycles. The number of benzene rings is 2. The Morgan fingerprint density at radius 1 is 1.15 bits per heavy atom. The minimum absolute atomic E-state index is 0.0477. The summed E-state index contributed by atoms with van der Waals surface area (Å²) < 4.78 is 32.6. The van der Waals surface area contributed by atoms with E-state index in [1.165, 1.54) is 19.2 Å². The molecule has 0 spiro atoms. The van der Waals surface area contributed by atoms with Crippen molar-refractivity contribution in [1.29, 1.82) is 0 Å². The fourth-order valence-corrected chi connectivity index (χ4v) is 3.77. The monoisotopic (exact) mass is 376 g/mol. The van der Waals surface area contributed by atoms with Crippen LogP contribution in [0.25, 0.3) is 0 Å². The molecule has 1 amide bonds. The highest BCUT2D eigenvalue weighted by Gasteiger charge is 2.21. The van der Waals surface area contributed by atoms with Crippen LogP contribution < -0.4 is 14.8 Å². The van der Waals surface area contributed by atoms with Crippen molar-refractivity contribution in [2.45, 2.75) is 31.2 Å². The van der Waals surface area contributed by atoms with Gasteiger partial charge in [0.25, 0.3) is 5.91 Å². The molecule has 2 rings (SSSR count). The first-order valence-electron chi connectivity index (χ1n) is 8.42. The maximum Gasteiger partial charge on any atom is 0.251 e. The van der Waals surface area contributed by atoms with E-state index in [1.807, 2.05) is 44.2 Å². The molecule has 26 heavy (non-hydrogen) atoms. The molecule has 0 heterocycles. The molecule has 140 valence electrons. The topological polar surface area (TPSA) is 84.5 Å². The van der Waals surface area contributed by atoms with Crippen LogP contribution in [0.1, 0.15) is 42.2 Å². The minimum Gasteiger partial charge on any atom is -0.495 e. The Morgan fingerprint density at radius 2 is 1.85 bits per heavy atom. The number of carbonyl (C=O) groups excluding carboxylic acids is 1. The molecule has 0 saturated heterocycles. The first-order valence-corrected chi connectivity index (χ1v) is 9.91. The smallest absolute Gasteiger partial charge is 0.251 e. The third kappa shape index (κ3) is 4.83. The lowest BCUT2D eigenvalue weighted by Crippen LogP contribution is -2.28. The second kappa shape index (κ2) is 8.82. The highest BCUT2D eigenvalue weighted by atomic mass is 32.2. The number of carbonyl (C=O) groups is 1. The molecule has 0 aliphatic carbocycles. The van der Waals surface area contributed by atoms with Gasteiger partial charge in [-0.25, -0.2) is 13.1 Å². The van der Waals surface area contributed by atoms with Crippen molar-refractivity contribution < 1.29 is 17.9 Å². The predicted octanol–water partition coefficient (Wildman–Crippen LogP) is 2.87. The lowest BCUT2D eigenvalue weighted by molar-refractivity contribution is 0.0939. The number of hydrogen-bond donors (Lipinski definition) is 2. The number of ether oxygens (including phenoxy) is 1. The van der Waals surface area contributed by atoms with E-state index in [0.717, 1.165) is 5.56 Å². The molecule has 6 nitrogen and oxygen atoms in total. The number of methoxy groups -OCH3 is 1. The highest BCUT2D eigenvalue weighted by molar-refractivity contribution is 7.89. The van der Waals surface area contributed by atoms with Gasteiger partial charge in [0.1, 0.15) is 10.6 Å². The fourth-order valence-electron chi connectivity index (χ4n) is 2.45. The van der Waals surface area contributed by atoms with Gasteiger partial charge in [0.15, 0.2) is 0 Å². The van der Waals surface area contributed by atoms with Crippen LogP contribution in [-0.4, -0.2) is 28.0 Å². The van der Waals surface area contributed by atoms with Gasteiger partial charge in [-0.1, -0.05) is 37.3 Å². The summed E-state index contributed by atoms with van der Waals surface area (Å²) in [5.74, 6) is -0.155. The van der Waals surface area contributed by atoms with E-state index in [-0.39, 0.29) is 28.2 Å². The van der Waals surface area contributed by atoms with Crippen molar-refractivity contribution in [2.24, 2.45) is 0 Å². The van der Waals surface area contributed by atoms with Crippen LogP contribution in [0, 0.1) is 0 Å². The standard InChI is InChI=1S/C19H24N2O4S/c1-4-12-20-26(23,24)18-13-16(10-11-17(18)25-3)19(22)21-14(2)15-8-6-5-7-9-15/h5-11,13-14,20H,4,12H2,1-3H3,(H,21,22)/t14-/m1/s1. The van der Waals surface area contributed by atoms with Crippen LogP contribution in [0.5, 0.6) is 5.75 Å². The maximum absolute atomic E-state index is 12.6. The molecule has 7 heteroatoms. The van der Waals surface area contributed by atoms with E-state index in [2.05, 4.69) is 10.0 Å². The Hall–Kier alpha value is -2.38. The largest absolute Gasteiger partial charge is 0.495 e. The Kier molecular flexibility index (Phi) is 6.76. The summed E-state index contributed by atoms with van der Waals surface area (Å²) in [5, 5.41) is 2.88. The van der Waals surface area contributed by atoms with E-state index in [4.69, 9.17) is 4.74 Å². The number of sulfonamides is 1. The van der Waals surface area contributed by atoms with Crippen molar-refractivity contribution in [2.75, 3.05) is 13.7 Å². The summed E-state index contributed by atoms with van der Waals surface area (Å²) in [7, 11) is -2.36. The summed E-state index contributed by atoms with van der Waals surface area (Å²) in [6, 6.07) is 13.7. The Morgan fingerprint density at radius 3 is 2.46 bits per heavy atom. The van der Waals surface area contributed by atoms with Gasteiger partial charge in [-0.05, 0) is 37.1 Å². The van der Waals surface area contributed by atoms with E-state index in [0.29, 0.717) is 13.0 Å². The molecule has 0 saturated carbocycles. The number of rotatable bonds is 8. The quantitative estimate of drug-likeness (QED) is 0.742. The van der Waals surface area contributed by atoms with Gasteiger partial charge in [0.2, 0.25) is 10.0 Å². The van der Waals surface area contributed by atoms with Gasteiger partial charge in [0.05, 0.1) is 13.2 Å². The van der Waals surface area contributed by atoms with Gasteiger partial charge in [-0.2, -0.15) is 0 Å². The highest BCUT2D eigenvalue weighted by Crippen LogP contribution is 2.25. The lowest BCUT2D eigenvalue weighted by Gasteiger charge is -2.16. The van der Waals surface area contributed by atoms with Crippen molar-refractivity contribution in [3.05, 3.63) is 59.7 Å². The average molecular weight is 376 g/mol. The zero-order valence-electron chi connectivity index (χ0n) is 15.2. The fraction of sp³-hybridized carbons (Fsp3) is 0.316. The van der Waals surface area contributed by atoms with Gasteiger partial charge in [0, 0.05) is 12.1 Å². The third-order valence-electron chi connectivity index (χ3n) is 3.90. The second-order valence-electron chi connectivity index (χ2n) is 5.87. The first kappa shape index (κ1) is 19.9. The van der Waals surface area contributed by atoms with Crippen molar-refractivity contribution in [1.82, 2.24) is 10.0 Å². The number of nitrogens with one attached hydrogen (secondary N) is 2. The second-order valence-corrected chi connectivity index (χ2v) is 7.60. The van der Waals surface area contributed by atoms with Crippen LogP contribution in [0.15, 0.2) is 53.4 Å². The third-order valence-corrected chi connectivity index (χ3v) is 5.39. The van der Waals surface area contributed by atoms with Crippen LogP contribution in [-0.2, 0) is 10.0 Å². The summed E-state index contributed by atoms with van der Waals surface area (Å²) in [6.45, 7) is 4.05. The number of hydrogen-bond acceptors (Lipinski definition) is 4. The predicted molar refractivity (Wildman–Crippen MR) is 101 cm³/mol. The van der Waals surface area contributed by atoms with E-state index in [1.54, 1.807) is 6.07 Å². The summed E-state index contributed by atoms with van der Waals surface area (Å²) >= 11 is 0. The zero-order valence-corrected chi connectivity index (χ0v) is 16.0. The van der Waals surface area contributed by atoms with Crippen LogP contribution in [0.3, 0.4) is 0 Å². The van der Waals surface area contributed by atoms with Crippen LogP contribution >= 0.6 is 0 Å². The van der Waals surface area contributed by atoms with Crippen molar-refractivity contribution in [3.63, 3.8) is 0 Å². The molecule has 0 radical (unpaired) electrons. The van der Waals surface area contributed by atoms with E-state index in [9.17, 15) is 13.2 Å². The molecule has 0 aromatic heterocycles. The van der Waals surface area contributed by atoms with Crippen molar-refractivity contribution >= 4 is 15.9 Å². The molecule has 1 atom stereocenters. The van der Waals surface area contributed by atoms with Crippen LogP contribution in [0.4, 0.5) is 0 Å². The zero-order chi connectivity index (χ0) is 19.2. The molecular weight excluding hydrogens is 352 g/mol. The molecule has 0 unspecified atom stereocenters. The lowest BCUT2D eigenvalue weighted by atomic mass is 10.1. The van der Waals surface area contributed by atoms with Gasteiger partial charge >= 0.3 is 0 Å². The van der Waals surface area contributed by atoms with E-state index < -0.39 is 10.0 Å². The number of amides is 1. The normalized spacial score (nSPS) is 12.4. The Balaban J connectivity index is 2.27. The Labute approximate surface area is 154 Å². The summed E-state index contributed by atoms with van der Waals surface area (Å²) in [4.78, 5) is 12.5. The van der Waals surface area contributed by atoms with E-state index >= 15 is 0 Å².